The minimum absolute atomic E-state index is 0. The summed E-state index contributed by atoms with van der Waals surface area (Å²) >= 11 is 0. The number of nitrogens with one attached hydrogen (secondary N) is 1. The van der Waals surface area contributed by atoms with Crippen LogP contribution in [0.5, 0.6) is 0 Å². The molecule has 0 radical (unpaired) electrons. The number of H-pyrrole nitrogens is 1. The maximum absolute atomic E-state index is 13.1. The summed E-state index contributed by atoms with van der Waals surface area (Å²) in [5.41, 5.74) is 1.55. The third-order valence-corrected chi connectivity index (χ3v) is 8.26. The van der Waals surface area contributed by atoms with Gasteiger partial charge in [-0.2, -0.15) is 31.4 Å². The molecular formula is C38H34F6N10Pt. The van der Waals surface area contributed by atoms with Crippen LogP contribution in [0.15, 0.2) is 91.3 Å². The van der Waals surface area contributed by atoms with Crippen molar-refractivity contribution >= 4 is 34.4 Å². The second-order valence-corrected chi connectivity index (χ2v) is 11.7. The summed E-state index contributed by atoms with van der Waals surface area (Å²) in [5, 5.41) is 12.9. The van der Waals surface area contributed by atoms with Gasteiger partial charge in [-0.3, -0.25) is 11.2 Å². The Labute approximate surface area is 327 Å². The Kier molecular flexibility index (Phi) is 13.5. The number of alkyl halides is 6. The Morgan fingerprint density at radius 1 is 0.691 bits per heavy atom. The van der Waals surface area contributed by atoms with Crippen molar-refractivity contribution in [3.05, 3.63) is 120 Å². The van der Waals surface area contributed by atoms with Crippen LogP contribution in [-0.2, 0) is 33.4 Å². The van der Waals surface area contributed by atoms with E-state index < -0.39 is 23.5 Å². The predicted octanol–water partition coefficient (Wildman–Crippen LogP) is 9.58. The zero-order valence-electron chi connectivity index (χ0n) is 30.3. The van der Waals surface area contributed by atoms with Crippen LogP contribution in [0.1, 0.15) is 50.2 Å². The van der Waals surface area contributed by atoms with E-state index >= 15 is 0 Å². The average molecular weight is 940 g/mol. The van der Waals surface area contributed by atoms with Gasteiger partial charge in [0.25, 0.3) is 0 Å². The monoisotopic (exact) mass is 939 g/mol. The van der Waals surface area contributed by atoms with Gasteiger partial charge in [-0.15, -0.1) is 13.0 Å². The van der Waals surface area contributed by atoms with E-state index in [1.165, 1.54) is 12.1 Å². The second-order valence-electron chi connectivity index (χ2n) is 11.7. The summed E-state index contributed by atoms with van der Waals surface area (Å²) in [4.78, 5) is 21.2. The largest absolute Gasteiger partial charge is 2.00 e. The first-order valence-corrected chi connectivity index (χ1v) is 16.3. The molecule has 0 aliphatic heterocycles. The van der Waals surface area contributed by atoms with Crippen molar-refractivity contribution in [3.63, 3.8) is 0 Å². The number of aromatic amines is 1. The fourth-order valence-corrected chi connectivity index (χ4v) is 5.00. The fraction of sp³-hybridized carbons (Fsp3) is 0.211. The first-order chi connectivity index (χ1) is 25.6. The zero-order chi connectivity index (χ0) is 39.2. The van der Waals surface area contributed by atoms with Crippen molar-refractivity contribution in [3.8, 4) is 22.8 Å². The van der Waals surface area contributed by atoms with E-state index in [1.807, 2.05) is 57.2 Å². The molecule has 6 rings (SSSR count). The van der Waals surface area contributed by atoms with Crippen LogP contribution in [0.25, 0.3) is 33.9 Å². The zero-order valence-corrected chi connectivity index (χ0v) is 32.5. The number of halogens is 6. The van der Waals surface area contributed by atoms with Gasteiger partial charge in [0, 0.05) is 20.3 Å². The maximum Gasteiger partial charge on any atom is 2.00 e. The van der Waals surface area contributed by atoms with E-state index in [-0.39, 0.29) is 43.8 Å². The van der Waals surface area contributed by atoms with Crippen LogP contribution in [0.2, 0.25) is 0 Å². The second kappa shape index (κ2) is 17.7. The third kappa shape index (κ3) is 9.92. The molecule has 6 aromatic heterocycles. The van der Waals surface area contributed by atoms with Gasteiger partial charge >= 0.3 is 33.4 Å². The molecule has 55 heavy (non-hydrogen) atoms. The van der Waals surface area contributed by atoms with Crippen molar-refractivity contribution < 1.29 is 47.4 Å². The maximum atomic E-state index is 13.1. The number of aromatic nitrogens is 8. The van der Waals surface area contributed by atoms with Crippen molar-refractivity contribution in [1.29, 1.82) is 0 Å². The van der Waals surface area contributed by atoms with Crippen molar-refractivity contribution in [2.75, 3.05) is 23.9 Å². The minimum Gasteiger partial charge on any atom is -0.573 e. The first kappa shape index (κ1) is 42.1. The fourth-order valence-electron chi connectivity index (χ4n) is 5.00. The van der Waals surface area contributed by atoms with Crippen molar-refractivity contribution in [1.82, 2.24) is 40.3 Å². The van der Waals surface area contributed by atoms with Crippen LogP contribution >= 0.6 is 0 Å². The Hall–Kier alpha value is -5.63. The molecule has 288 valence electrons. The first-order valence-electron chi connectivity index (χ1n) is 16.3. The van der Waals surface area contributed by atoms with Gasteiger partial charge in [-0.1, -0.05) is 48.7 Å². The molecule has 0 unspecified atom stereocenters. The summed E-state index contributed by atoms with van der Waals surface area (Å²) in [7, 11) is 3.51. The molecule has 0 aliphatic carbocycles. The van der Waals surface area contributed by atoms with Crippen LogP contribution in [0.4, 0.5) is 49.6 Å². The van der Waals surface area contributed by atoms with E-state index in [0.29, 0.717) is 29.5 Å². The van der Waals surface area contributed by atoms with Gasteiger partial charge in [0.05, 0.1) is 34.5 Å². The van der Waals surface area contributed by atoms with Gasteiger partial charge in [0.15, 0.2) is 0 Å². The molecule has 0 fully saturated rings. The van der Waals surface area contributed by atoms with Crippen LogP contribution in [0.3, 0.4) is 0 Å². The van der Waals surface area contributed by atoms with Gasteiger partial charge in [0.1, 0.15) is 28.8 Å². The van der Waals surface area contributed by atoms with E-state index in [1.54, 1.807) is 61.2 Å². The summed E-state index contributed by atoms with van der Waals surface area (Å²) in [6.07, 6.45) is -2.59. The number of anilines is 4. The Bertz CT molecular complexity index is 2120. The summed E-state index contributed by atoms with van der Waals surface area (Å²) < 4.78 is 78.7. The smallest absolute Gasteiger partial charge is 0.573 e. The van der Waals surface area contributed by atoms with Crippen LogP contribution in [-0.4, -0.2) is 49.3 Å². The third-order valence-electron chi connectivity index (χ3n) is 8.26. The number of pyridine rings is 4. The summed E-state index contributed by atoms with van der Waals surface area (Å²) in [5.74, 6) is 2.16. The molecule has 10 nitrogen and oxygen atoms in total. The van der Waals surface area contributed by atoms with Crippen molar-refractivity contribution in [2.45, 2.75) is 40.0 Å². The molecule has 0 aromatic carbocycles. The molecule has 0 amide bonds. The van der Waals surface area contributed by atoms with Crippen LogP contribution < -0.4 is 14.9 Å². The topological polar surface area (TPSA) is 114 Å². The van der Waals surface area contributed by atoms with E-state index in [9.17, 15) is 26.3 Å². The molecule has 0 spiro atoms. The van der Waals surface area contributed by atoms with E-state index in [2.05, 4.69) is 46.4 Å². The van der Waals surface area contributed by atoms with Crippen molar-refractivity contribution in [2.24, 2.45) is 0 Å². The van der Waals surface area contributed by atoms with Gasteiger partial charge in [-0.05, 0) is 61.9 Å². The Morgan fingerprint density at radius 3 is 1.73 bits per heavy atom. The minimum atomic E-state index is -4.54. The summed E-state index contributed by atoms with van der Waals surface area (Å²) in [6.45, 7) is 7.60. The number of allylic oxidation sites excluding steroid dienone is 4. The molecule has 0 saturated heterocycles. The van der Waals surface area contributed by atoms with E-state index in [0.717, 1.165) is 28.7 Å². The number of rotatable bonds is 8. The molecular weight excluding hydrogens is 906 g/mol. The molecule has 0 atom stereocenters. The standard InChI is InChI=1S/C19H18F3N5.C19H16F3N5.Pt/c2*1-4-12(2)14-7-5-9-16(24-14)27(3)17-10-6-8-15(25-17)18-13(11-23-26-18)19(20,21)22;/h4-11H,1-3H3,(H,23,26);5-11H,1-3H3;/q;-2;+2/b12-4+;;. The molecule has 0 bridgehead atoms. The Morgan fingerprint density at radius 2 is 1.18 bits per heavy atom. The number of nitrogens with zero attached hydrogens (tertiary/aromatic N) is 9. The number of hydrogen-bond acceptors (Lipinski definition) is 8. The molecule has 17 heteroatoms. The normalized spacial score (nSPS) is 12.1. The van der Waals surface area contributed by atoms with Gasteiger partial charge in [0.2, 0.25) is 0 Å². The van der Waals surface area contributed by atoms with E-state index in [4.69, 9.17) is 0 Å². The molecule has 6 heterocycles. The molecule has 0 saturated carbocycles. The quantitative estimate of drug-likeness (QED) is 0.118. The van der Waals surface area contributed by atoms with Crippen LogP contribution in [0, 0.1) is 6.08 Å². The predicted molar refractivity (Wildman–Crippen MR) is 195 cm³/mol. The molecule has 1 N–H and O–H groups in total. The van der Waals surface area contributed by atoms with Gasteiger partial charge < -0.3 is 25.0 Å². The molecule has 0 aliphatic rings. The summed E-state index contributed by atoms with van der Waals surface area (Å²) in [6, 6.07) is 20.8. The SMILES string of the molecule is C/C=C(\C)c1cccc(N(C)c2cccc(-c3[nH]ncc3C(F)(F)F)n2)n1.C[C-]=C(C)c1cccc(N(C)c2cccc(-c3[n-]ncc3C(F)(F)F)n2)n1.[Pt+2]. The Balaban J connectivity index is 0.000000240. The van der Waals surface area contributed by atoms with Gasteiger partial charge in [-0.25, -0.2) is 20.5 Å². The average Bonchev–Trinajstić information content (AvgIpc) is 3.89. The molecule has 6 aromatic rings. The number of hydrogen-bond donors (Lipinski definition) is 1.